The second-order valence-corrected chi connectivity index (χ2v) is 4.46. The average molecular weight is 269 g/mol. The van der Waals surface area contributed by atoms with Crippen molar-refractivity contribution in [2.24, 2.45) is 0 Å². The van der Waals surface area contributed by atoms with Crippen molar-refractivity contribution in [3.63, 3.8) is 0 Å². The third-order valence-corrected chi connectivity index (χ3v) is 2.92. The number of benzene rings is 2. The molecule has 0 aliphatic heterocycles. The van der Waals surface area contributed by atoms with Crippen molar-refractivity contribution in [1.29, 1.82) is 0 Å². The molecule has 103 valence electrons. The molecule has 0 spiro atoms. The summed E-state index contributed by atoms with van der Waals surface area (Å²) in [4.78, 5) is 9.92. The Morgan fingerprint density at radius 1 is 0.950 bits per heavy atom. The molecule has 0 N–H and O–H groups in total. The van der Waals surface area contributed by atoms with Crippen LogP contribution in [0, 0.1) is 0 Å². The lowest BCUT2D eigenvalue weighted by molar-refractivity contribution is 0.273. The lowest BCUT2D eigenvalue weighted by Gasteiger charge is -2.08. The van der Waals surface area contributed by atoms with E-state index < -0.39 is 0 Å². The van der Waals surface area contributed by atoms with Gasteiger partial charge in [-0.1, -0.05) is 42.5 Å². The van der Waals surface area contributed by atoms with Crippen LogP contribution in [0.1, 0.15) is 17.5 Å². The Balaban J connectivity index is 1.84. The Morgan fingerprint density at radius 3 is 2.55 bits per heavy atom. The van der Waals surface area contributed by atoms with Crippen LogP contribution in [0.4, 0.5) is 0 Å². The topological polar surface area (TPSA) is 35.5 Å². The zero-order valence-corrected chi connectivity index (χ0v) is 11.2. The Kier molecular flexibility index (Phi) is 5.65. The Morgan fingerprint density at radius 2 is 1.75 bits per heavy atom. The van der Waals surface area contributed by atoms with E-state index >= 15 is 0 Å². The third kappa shape index (κ3) is 4.76. The van der Waals surface area contributed by atoms with Gasteiger partial charge in [0.25, 0.3) is 0 Å². The van der Waals surface area contributed by atoms with Gasteiger partial charge in [0, 0.05) is 0 Å². The quantitative estimate of drug-likeness (QED) is 0.690. The van der Waals surface area contributed by atoms with E-state index in [1.165, 1.54) is 12.0 Å². The van der Waals surface area contributed by atoms with Crippen LogP contribution in [0.2, 0.25) is 0 Å². The summed E-state index contributed by atoms with van der Waals surface area (Å²) >= 11 is 0. The second-order valence-electron chi connectivity index (χ2n) is 4.46. The first kappa shape index (κ1) is 14.1. The molecule has 20 heavy (non-hydrogen) atoms. The fraction of sp³-hybridized carbons (Fsp3) is 0.235. The highest BCUT2D eigenvalue weighted by Gasteiger charge is 1.99. The fourth-order valence-electron chi connectivity index (χ4n) is 1.92. The molecule has 0 heterocycles. The van der Waals surface area contributed by atoms with Gasteiger partial charge in [0.15, 0.2) is 0 Å². The molecule has 0 amide bonds. The van der Waals surface area contributed by atoms with Crippen LogP contribution < -0.4 is 4.74 Å². The van der Waals surface area contributed by atoms with Gasteiger partial charge in [-0.2, -0.15) is 0 Å². The normalized spacial score (nSPS) is 10.0. The molecule has 2 aromatic carbocycles. The number of aryl methyl sites for hydroxylation is 1. The number of ether oxygens (including phenoxy) is 2. The Labute approximate surface area is 119 Å². The number of hydrogen-bond donors (Lipinski definition) is 0. The van der Waals surface area contributed by atoms with Crippen molar-refractivity contribution >= 4 is 6.47 Å². The summed E-state index contributed by atoms with van der Waals surface area (Å²) in [6.07, 6.45) is 1.64. The highest BCUT2D eigenvalue weighted by molar-refractivity contribution is 5.38. The smallest absolute Gasteiger partial charge is 0.417 e. The maximum Gasteiger partial charge on any atom is 0.417 e. The SMILES string of the molecule is O=[C]OCCCc1cccc(OCc2ccccc2)c1. The predicted octanol–water partition coefficient (Wildman–Crippen LogP) is 3.28. The second kappa shape index (κ2) is 8.00. The van der Waals surface area contributed by atoms with Crippen LogP contribution in [0.5, 0.6) is 5.75 Å². The monoisotopic (exact) mass is 269 g/mol. The molecular weight excluding hydrogens is 252 g/mol. The van der Waals surface area contributed by atoms with Crippen LogP contribution in [0.15, 0.2) is 54.6 Å². The molecule has 0 atom stereocenters. The highest BCUT2D eigenvalue weighted by Crippen LogP contribution is 2.16. The van der Waals surface area contributed by atoms with Crippen molar-refractivity contribution in [1.82, 2.24) is 0 Å². The van der Waals surface area contributed by atoms with Crippen LogP contribution in [0.3, 0.4) is 0 Å². The summed E-state index contributed by atoms with van der Waals surface area (Å²) in [7, 11) is 0. The van der Waals surface area contributed by atoms with Gasteiger partial charge in [-0.3, -0.25) is 0 Å². The van der Waals surface area contributed by atoms with Gasteiger partial charge in [0.1, 0.15) is 12.4 Å². The van der Waals surface area contributed by atoms with E-state index in [-0.39, 0.29) is 0 Å². The van der Waals surface area contributed by atoms with E-state index in [1.807, 2.05) is 54.6 Å². The lowest BCUT2D eigenvalue weighted by atomic mass is 10.1. The standard InChI is InChI=1S/C17H17O3/c18-14-19-11-5-9-15-8-4-10-17(12-15)20-13-16-6-2-1-3-7-16/h1-4,6-8,10,12H,5,9,11,13H2. The van der Waals surface area contributed by atoms with Crippen molar-refractivity contribution in [3.8, 4) is 5.75 Å². The molecule has 0 aliphatic carbocycles. The molecule has 0 aromatic heterocycles. The minimum atomic E-state index is 0.401. The average Bonchev–Trinajstić information content (AvgIpc) is 2.51. The molecule has 0 aliphatic rings. The van der Waals surface area contributed by atoms with Crippen LogP contribution >= 0.6 is 0 Å². The van der Waals surface area contributed by atoms with Crippen molar-refractivity contribution in [3.05, 3.63) is 65.7 Å². The van der Waals surface area contributed by atoms with Crippen LogP contribution in [-0.2, 0) is 22.6 Å². The van der Waals surface area contributed by atoms with E-state index in [2.05, 4.69) is 4.74 Å². The van der Waals surface area contributed by atoms with E-state index in [4.69, 9.17) is 4.74 Å². The number of rotatable bonds is 8. The Bertz CT molecular complexity index is 523. The molecule has 0 fully saturated rings. The van der Waals surface area contributed by atoms with Gasteiger partial charge >= 0.3 is 6.47 Å². The van der Waals surface area contributed by atoms with Crippen molar-refractivity contribution in [2.45, 2.75) is 19.4 Å². The first-order chi connectivity index (χ1) is 9.88. The molecule has 0 unspecified atom stereocenters. The van der Waals surface area contributed by atoms with Crippen LogP contribution in [-0.4, -0.2) is 13.1 Å². The number of hydrogen-bond acceptors (Lipinski definition) is 3. The zero-order valence-electron chi connectivity index (χ0n) is 11.2. The third-order valence-electron chi connectivity index (χ3n) is 2.92. The summed E-state index contributed by atoms with van der Waals surface area (Å²) < 4.78 is 10.3. The number of carbonyl (C=O) groups excluding carboxylic acids is 1. The largest absolute Gasteiger partial charge is 0.489 e. The molecule has 2 aromatic rings. The van der Waals surface area contributed by atoms with Crippen LogP contribution in [0.25, 0.3) is 0 Å². The van der Waals surface area contributed by atoms with E-state index in [1.54, 1.807) is 0 Å². The minimum Gasteiger partial charge on any atom is -0.489 e. The first-order valence-electron chi connectivity index (χ1n) is 6.63. The van der Waals surface area contributed by atoms with Gasteiger partial charge in [-0.25, -0.2) is 4.79 Å². The molecule has 0 saturated carbocycles. The summed E-state index contributed by atoms with van der Waals surface area (Å²) in [5, 5.41) is 0. The maximum absolute atomic E-state index is 9.92. The summed E-state index contributed by atoms with van der Waals surface area (Å²) in [6.45, 7) is 2.39. The van der Waals surface area contributed by atoms with Crippen molar-refractivity contribution in [2.75, 3.05) is 6.61 Å². The molecule has 2 rings (SSSR count). The molecule has 0 saturated heterocycles. The molecule has 1 radical (unpaired) electrons. The highest BCUT2D eigenvalue weighted by atomic mass is 16.5. The zero-order chi connectivity index (χ0) is 14.0. The van der Waals surface area contributed by atoms with Gasteiger partial charge in [0.05, 0.1) is 6.61 Å². The maximum atomic E-state index is 9.92. The van der Waals surface area contributed by atoms with Gasteiger partial charge < -0.3 is 9.47 Å². The summed E-state index contributed by atoms with van der Waals surface area (Å²) in [5.41, 5.74) is 2.32. The van der Waals surface area contributed by atoms with E-state index in [0.29, 0.717) is 13.2 Å². The first-order valence-corrected chi connectivity index (χ1v) is 6.63. The summed E-state index contributed by atoms with van der Waals surface area (Å²) in [5.74, 6) is 0.856. The molecule has 3 heteroatoms. The van der Waals surface area contributed by atoms with E-state index in [9.17, 15) is 4.79 Å². The summed E-state index contributed by atoms with van der Waals surface area (Å²) in [6, 6.07) is 18.0. The molecular formula is C17H17O3. The van der Waals surface area contributed by atoms with Gasteiger partial charge in [-0.15, -0.1) is 0 Å². The fourth-order valence-corrected chi connectivity index (χ4v) is 1.92. The predicted molar refractivity (Wildman–Crippen MR) is 77.2 cm³/mol. The van der Waals surface area contributed by atoms with Gasteiger partial charge in [-0.05, 0) is 36.1 Å². The minimum absolute atomic E-state index is 0.401. The van der Waals surface area contributed by atoms with E-state index in [0.717, 1.165) is 24.2 Å². The molecule has 3 nitrogen and oxygen atoms in total. The van der Waals surface area contributed by atoms with Crippen molar-refractivity contribution < 1.29 is 14.3 Å². The lowest BCUT2D eigenvalue weighted by Crippen LogP contribution is -1.97. The Hall–Kier alpha value is -2.29. The van der Waals surface area contributed by atoms with Gasteiger partial charge in [0.2, 0.25) is 0 Å². The molecule has 0 bridgehead atoms.